The van der Waals surface area contributed by atoms with Crippen LogP contribution in [0.5, 0.6) is 5.75 Å². The fourth-order valence-electron chi connectivity index (χ4n) is 2.25. The van der Waals surface area contributed by atoms with Crippen molar-refractivity contribution in [1.29, 1.82) is 0 Å². The maximum Gasteiger partial charge on any atom is 0.237 e. The van der Waals surface area contributed by atoms with Crippen molar-refractivity contribution >= 4 is 34.7 Å². The number of amides is 1. The second kappa shape index (κ2) is 8.37. The standard InChI is InChI=1S/C18H19N3O3S2/c1-11-6-7-14(23-3)13(9-11)19-18(22)12(2)26-10-16-20-17(21-24-16)15-5-4-8-25-15/h4-9,12H,10H2,1-3H3,(H,19,22). The molecule has 0 aliphatic carbocycles. The highest BCUT2D eigenvalue weighted by atomic mass is 32.2. The minimum Gasteiger partial charge on any atom is -0.495 e. The van der Waals surface area contributed by atoms with Crippen LogP contribution in [0.1, 0.15) is 18.4 Å². The van der Waals surface area contributed by atoms with Crippen LogP contribution in [0.4, 0.5) is 5.69 Å². The Labute approximate surface area is 160 Å². The van der Waals surface area contributed by atoms with Crippen LogP contribution in [0.3, 0.4) is 0 Å². The first kappa shape index (κ1) is 18.5. The summed E-state index contributed by atoms with van der Waals surface area (Å²) in [6.07, 6.45) is 0. The zero-order valence-electron chi connectivity index (χ0n) is 14.7. The van der Waals surface area contributed by atoms with Crippen LogP contribution in [-0.4, -0.2) is 28.4 Å². The van der Waals surface area contributed by atoms with E-state index in [2.05, 4.69) is 15.5 Å². The van der Waals surface area contributed by atoms with E-state index in [-0.39, 0.29) is 11.2 Å². The molecule has 0 spiro atoms. The van der Waals surface area contributed by atoms with E-state index in [1.54, 1.807) is 18.4 Å². The lowest BCUT2D eigenvalue weighted by molar-refractivity contribution is -0.115. The van der Waals surface area contributed by atoms with Gasteiger partial charge in [-0.25, -0.2) is 0 Å². The second-order valence-corrected chi connectivity index (χ2v) is 7.91. The van der Waals surface area contributed by atoms with Crippen LogP contribution in [0.25, 0.3) is 10.7 Å². The number of benzene rings is 1. The molecule has 0 saturated carbocycles. The molecule has 6 nitrogen and oxygen atoms in total. The predicted octanol–water partition coefficient (Wildman–Crippen LogP) is 4.38. The summed E-state index contributed by atoms with van der Waals surface area (Å²) in [4.78, 5) is 17.8. The lowest BCUT2D eigenvalue weighted by Crippen LogP contribution is -2.23. The third-order valence-corrected chi connectivity index (χ3v) is 5.64. The number of thioether (sulfide) groups is 1. The number of carbonyl (C=O) groups is 1. The van der Waals surface area contributed by atoms with E-state index in [0.29, 0.717) is 28.9 Å². The summed E-state index contributed by atoms with van der Waals surface area (Å²) < 4.78 is 10.6. The molecule has 1 amide bonds. The maximum atomic E-state index is 12.5. The third-order valence-electron chi connectivity index (χ3n) is 3.65. The highest BCUT2D eigenvalue weighted by Crippen LogP contribution is 2.27. The molecule has 2 heterocycles. The van der Waals surface area contributed by atoms with Crippen molar-refractivity contribution in [1.82, 2.24) is 10.1 Å². The summed E-state index contributed by atoms with van der Waals surface area (Å²) in [7, 11) is 1.58. The van der Waals surface area contributed by atoms with Crippen molar-refractivity contribution in [3.63, 3.8) is 0 Å². The SMILES string of the molecule is COc1ccc(C)cc1NC(=O)C(C)SCc1nc(-c2cccs2)no1. The van der Waals surface area contributed by atoms with E-state index >= 15 is 0 Å². The van der Waals surface area contributed by atoms with Gasteiger partial charge in [0.2, 0.25) is 17.6 Å². The third kappa shape index (κ3) is 4.44. The van der Waals surface area contributed by atoms with Crippen LogP contribution >= 0.6 is 23.1 Å². The Morgan fingerprint density at radius 1 is 1.42 bits per heavy atom. The number of anilines is 1. The molecule has 0 aliphatic heterocycles. The highest BCUT2D eigenvalue weighted by Gasteiger charge is 2.18. The Hall–Kier alpha value is -2.32. The van der Waals surface area contributed by atoms with Gasteiger partial charge in [0.05, 0.1) is 28.7 Å². The number of hydrogen-bond acceptors (Lipinski definition) is 7. The highest BCUT2D eigenvalue weighted by molar-refractivity contribution is 7.99. The quantitative estimate of drug-likeness (QED) is 0.646. The number of hydrogen-bond donors (Lipinski definition) is 1. The van der Waals surface area contributed by atoms with Crippen molar-refractivity contribution < 1.29 is 14.1 Å². The molecule has 2 aromatic heterocycles. The summed E-state index contributed by atoms with van der Waals surface area (Å²) in [5, 5.41) is 8.58. The van der Waals surface area contributed by atoms with E-state index in [1.165, 1.54) is 11.8 Å². The maximum absolute atomic E-state index is 12.5. The van der Waals surface area contributed by atoms with Crippen LogP contribution in [-0.2, 0) is 10.5 Å². The minimum absolute atomic E-state index is 0.100. The van der Waals surface area contributed by atoms with Crippen LogP contribution in [0.15, 0.2) is 40.2 Å². The molecule has 0 fully saturated rings. The molecule has 8 heteroatoms. The molecule has 136 valence electrons. The number of thiophene rings is 1. The van der Waals surface area contributed by atoms with Gasteiger partial charge in [0.15, 0.2) is 0 Å². The monoisotopic (exact) mass is 389 g/mol. The smallest absolute Gasteiger partial charge is 0.237 e. The van der Waals surface area contributed by atoms with E-state index in [4.69, 9.17) is 9.26 Å². The molecule has 1 unspecified atom stereocenters. The number of rotatable bonds is 7. The van der Waals surface area contributed by atoms with Crippen molar-refractivity contribution in [3.05, 3.63) is 47.2 Å². The first-order chi connectivity index (χ1) is 12.6. The Morgan fingerprint density at radius 2 is 2.27 bits per heavy atom. The zero-order chi connectivity index (χ0) is 18.5. The van der Waals surface area contributed by atoms with Gasteiger partial charge in [0.1, 0.15) is 5.75 Å². The molecular formula is C18H19N3O3S2. The van der Waals surface area contributed by atoms with E-state index < -0.39 is 0 Å². The van der Waals surface area contributed by atoms with E-state index in [9.17, 15) is 4.79 Å². The van der Waals surface area contributed by atoms with Gasteiger partial charge in [-0.3, -0.25) is 4.79 Å². The molecule has 3 rings (SSSR count). The number of methoxy groups -OCH3 is 1. The molecule has 0 aliphatic rings. The summed E-state index contributed by atoms with van der Waals surface area (Å²) >= 11 is 3.00. The van der Waals surface area contributed by atoms with E-state index in [0.717, 1.165) is 10.4 Å². The number of aromatic nitrogens is 2. The van der Waals surface area contributed by atoms with Crippen molar-refractivity contribution in [2.24, 2.45) is 0 Å². The van der Waals surface area contributed by atoms with Gasteiger partial charge in [-0.05, 0) is 43.0 Å². The Morgan fingerprint density at radius 3 is 3.00 bits per heavy atom. The molecular weight excluding hydrogens is 370 g/mol. The van der Waals surface area contributed by atoms with Gasteiger partial charge in [0.25, 0.3) is 0 Å². The second-order valence-electron chi connectivity index (χ2n) is 5.64. The summed E-state index contributed by atoms with van der Waals surface area (Å²) in [6, 6.07) is 9.55. The van der Waals surface area contributed by atoms with Gasteiger partial charge in [0, 0.05) is 0 Å². The summed E-state index contributed by atoms with van der Waals surface area (Å²) in [5.74, 6) is 2.09. The average Bonchev–Trinajstić information content (AvgIpc) is 3.31. The lowest BCUT2D eigenvalue weighted by atomic mass is 10.2. The first-order valence-electron chi connectivity index (χ1n) is 8.00. The van der Waals surface area contributed by atoms with Crippen LogP contribution in [0.2, 0.25) is 0 Å². The topological polar surface area (TPSA) is 77.2 Å². The molecule has 3 aromatic rings. The Kier molecular flexibility index (Phi) is 5.95. The number of ether oxygens (including phenoxy) is 1. The van der Waals surface area contributed by atoms with Crippen molar-refractivity contribution in [3.8, 4) is 16.5 Å². The number of nitrogens with zero attached hydrogens (tertiary/aromatic N) is 2. The number of nitrogens with one attached hydrogen (secondary N) is 1. The Bertz CT molecular complexity index is 878. The van der Waals surface area contributed by atoms with Gasteiger partial charge < -0.3 is 14.6 Å². The van der Waals surface area contributed by atoms with Crippen molar-refractivity contribution in [2.75, 3.05) is 12.4 Å². The molecule has 1 N–H and O–H groups in total. The largest absolute Gasteiger partial charge is 0.495 e. The molecule has 0 saturated heterocycles. The fourth-order valence-corrected chi connectivity index (χ4v) is 3.61. The van der Waals surface area contributed by atoms with Gasteiger partial charge in [-0.2, -0.15) is 4.98 Å². The molecule has 0 radical (unpaired) electrons. The number of aryl methyl sites for hydroxylation is 1. The van der Waals surface area contributed by atoms with Crippen LogP contribution in [0, 0.1) is 6.92 Å². The summed E-state index contributed by atoms with van der Waals surface area (Å²) in [6.45, 7) is 3.81. The molecule has 1 aromatic carbocycles. The van der Waals surface area contributed by atoms with Crippen LogP contribution < -0.4 is 10.1 Å². The lowest BCUT2D eigenvalue weighted by Gasteiger charge is -2.14. The normalized spacial score (nSPS) is 12.0. The molecule has 26 heavy (non-hydrogen) atoms. The van der Waals surface area contributed by atoms with Crippen molar-refractivity contribution in [2.45, 2.75) is 24.9 Å². The van der Waals surface area contributed by atoms with Gasteiger partial charge in [-0.1, -0.05) is 17.3 Å². The molecule has 1 atom stereocenters. The summed E-state index contributed by atoms with van der Waals surface area (Å²) in [5.41, 5.74) is 1.72. The first-order valence-corrected chi connectivity index (χ1v) is 9.93. The Balaban J connectivity index is 1.57. The predicted molar refractivity (Wildman–Crippen MR) is 105 cm³/mol. The molecule has 0 bridgehead atoms. The zero-order valence-corrected chi connectivity index (χ0v) is 16.3. The fraction of sp³-hybridized carbons (Fsp3) is 0.278. The number of carbonyl (C=O) groups excluding carboxylic acids is 1. The minimum atomic E-state index is -0.280. The van der Waals surface area contributed by atoms with Gasteiger partial charge in [-0.15, -0.1) is 23.1 Å². The van der Waals surface area contributed by atoms with Gasteiger partial charge >= 0.3 is 0 Å². The average molecular weight is 390 g/mol. The van der Waals surface area contributed by atoms with E-state index in [1.807, 2.05) is 49.6 Å².